The van der Waals surface area contributed by atoms with Gasteiger partial charge in [0.2, 0.25) is 0 Å². The molecule has 1 aromatic carbocycles. The van der Waals surface area contributed by atoms with E-state index in [1.807, 2.05) is 18.2 Å². The summed E-state index contributed by atoms with van der Waals surface area (Å²) in [6, 6.07) is 10.3. The molecule has 2 unspecified atom stereocenters. The lowest BCUT2D eigenvalue weighted by molar-refractivity contribution is 0.0514. The number of ether oxygens (including phenoxy) is 1. The first-order chi connectivity index (χ1) is 9.35. The molecule has 2 aliphatic rings. The predicted molar refractivity (Wildman–Crippen MR) is 75.8 cm³/mol. The van der Waals surface area contributed by atoms with Crippen molar-refractivity contribution in [1.82, 2.24) is 4.57 Å². The first kappa shape index (κ1) is 13.5. The van der Waals surface area contributed by atoms with Crippen LogP contribution in [0.4, 0.5) is 0 Å². The van der Waals surface area contributed by atoms with Gasteiger partial charge < -0.3 is 13.6 Å². The summed E-state index contributed by atoms with van der Waals surface area (Å²) in [5.41, 5.74) is 0. The Bertz CT molecular complexity index is 422. The zero-order valence-electron chi connectivity index (χ0n) is 10.8. The number of hydrogen-bond donors (Lipinski definition) is 0. The molecule has 6 heteroatoms. The molecule has 19 heavy (non-hydrogen) atoms. The highest BCUT2D eigenvalue weighted by atomic mass is 35.5. The molecule has 104 valence electrons. The lowest BCUT2D eigenvalue weighted by Crippen LogP contribution is -2.64. The first-order valence-corrected chi connectivity index (χ1v) is 8.91. The van der Waals surface area contributed by atoms with Crippen molar-refractivity contribution < 1.29 is 13.6 Å². The summed E-state index contributed by atoms with van der Waals surface area (Å²) in [5, 5.41) is 1.16. The van der Waals surface area contributed by atoms with E-state index < -0.39 is 8.72 Å². The quantitative estimate of drug-likeness (QED) is 0.598. The molecule has 0 aliphatic carbocycles. The lowest BCUT2D eigenvalue weighted by Gasteiger charge is -2.34. The maximum atomic E-state index is 6.28. The molecular weight excluding hydrogens is 282 g/mol. The molecule has 2 aliphatic heterocycles. The second-order valence-electron chi connectivity index (χ2n) is 4.75. The number of hydrogen-bond acceptors (Lipinski definition) is 4. The lowest BCUT2D eigenvalue weighted by atomic mass is 10.4. The van der Waals surface area contributed by atoms with Crippen molar-refractivity contribution in [2.24, 2.45) is 0 Å². The highest BCUT2D eigenvalue weighted by Crippen LogP contribution is 2.26. The molecular formula is C13H18ClNO3Si. The van der Waals surface area contributed by atoms with Gasteiger partial charge in [0.15, 0.2) is 0 Å². The fourth-order valence-electron chi connectivity index (χ4n) is 2.65. The minimum absolute atomic E-state index is 0.0478. The van der Waals surface area contributed by atoms with E-state index in [1.165, 1.54) is 0 Å². The molecule has 0 amide bonds. The SMILES string of the molecule is ClCC1CN2CCOCCO[Si]2(c2ccccc2)O1. The van der Waals surface area contributed by atoms with Crippen LogP contribution >= 0.6 is 11.6 Å². The maximum absolute atomic E-state index is 6.28. The molecule has 1 aromatic rings. The second-order valence-corrected chi connectivity index (χ2v) is 7.96. The number of rotatable bonds is 2. The fraction of sp³-hybridized carbons (Fsp3) is 0.538. The summed E-state index contributed by atoms with van der Waals surface area (Å²) >= 11 is 5.99. The molecule has 0 saturated carbocycles. The zero-order chi connectivity index (χ0) is 13.1. The maximum Gasteiger partial charge on any atom is 0.463 e. The number of alkyl halides is 1. The molecule has 0 aromatic heterocycles. The highest BCUT2D eigenvalue weighted by molar-refractivity contribution is 6.79. The smallest absolute Gasteiger partial charge is 0.378 e. The van der Waals surface area contributed by atoms with E-state index >= 15 is 0 Å². The summed E-state index contributed by atoms with van der Waals surface area (Å²) in [6.07, 6.45) is 0.0478. The van der Waals surface area contributed by atoms with Crippen molar-refractivity contribution in [1.29, 1.82) is 0 Å². The van der Waals surface area contributed by atoms with Crippen molar-refractivity contribution in [2.45, 2.75) is 6.10 Å². The van der Waals surface area contributed by atoms with E-state index in [0.29, 0.717) is 19.1 Å². The molecule has 2 atom stereocenters. The molecule has 2 saturated heterocycles. The van der Waals surface area contributed by atoms with Crippen LogP contribution in [0.15, 0.2) is 30.3 Å². The van der Waals surface area contributed by atoms with Gasteiger partial charge in [0.1, 0.15) is 0 Å². The average molecular weight is 300 g/mol. The van der Waals surface area contributed by atoms with Crippen molar-refractivity contribution in [3.63, 3.8) is 0 Å². The summed E-state index contributed by atoms with van der Waals surface area (Å²) in [4.78, 5) is 0. The average Bonchev–Trinajstić information content (AvgIpc) is 2.79. The van der Waals surface area contributed by atoms with E-state index in [-0.39, 0.29) is 6.10 Å². The van der Waals surface area contributed by atoms with Crippen molar-refractivity contribution in [3.8, 4) is 0 Å². The normalized spacial score (nSPS) is 32.6. The number of nitrogens with zero attached hydrogens (tertiary/aromatic N) is 1. The Labute approximate surface area is 119 Å². The molecule has 3 rings (SSSR count). The summed E-state index contributed by atoms with van der Waals surface area (Å²) in [6.45, 7) is 3.60. The van der Waals surface area contributed by atoms with Crippen LogP contribution in [-0.4, -0.2) is 58.2 Å². The van der Waals surface area contributed by atoms with Gasteiger partial charge >= 0.3 is 8.72 Å². The number of benzene rings is 1. The Hall–Kier alpha value is -0.433. The van der Waals surface area contributed by atoms with Crippen molar-refractivity contribution in [2.75, 3.05) is 38.8 Å². The monoisotopic (exact) mass is 299 g/mol. The Morgan fingerprint density at radius 2 is 2.05 bits per heavy atom. The Balaban J connectivity index is 1.95. The van der Waals surface area contributed by atoms with Crippen molar-refractivity contribution in [3.05, 3.63) is 30.3 Å². The standard InChI is InChI=1S/C13H18ClNO3Si/c14-10-12-11-15-6-7-16-8-9-17-19(15,18-12)13-4-2-1-3-5-13/h1-5,12H,6-11H2. The van der Waals surface area contributed by atoms with Gasteiger partial charge in [0, 0.05) is 24.2 Å². The van der Waals surface area contributed by atoms with Crippen LogP contribution in [0.1, 0.15) is 0 Å². The van der Waals surface area contributed by atoms with E-state index in [1.54, 1.807) is 0 Å². The zero-order valence-corrected chi connectivity index (χ0v) is 12.5. The third kappa shape index (κ3) is 2.59. The fourth-order valence-corrected chi connectivity index (χ4v) is 6.39. The van der Waals surface area contributed by atoms with Gasteiger partial charge in [-0.15, -0.1) is 11.6 Å². The van der Waals surface area contributed by atoms with Gasteiger partial charge in [-0.25, -0.2) is 0 Å². The second kappa shape index (κ2) is 5.91. The van der Waals surface area contributed by atoms with E-state index in [9.17, 15) is 0 Å². The Morgan fingerprint density at radius 3 is 2.84 bits per heavy atom. The van der Waals surface area contributed by atoms with Gasteiger partial charge in [-0.1, -0.05) is 30.3 Å². The van der Waals surface area contributed by atoms with Gasteiger partial charge in [-0.05, 0) is 0 Å². The molecule has 2 heterocycles. The number of halogens is 1. The predicted octanol–water partition coefficient (Wildman–Crippen LogP) is 0.819. The highest BCUT2D eigenvalue weighted by Gasteiger charge is 2.54. The molecule has 0 spiro atoms. The molecule has 0 radical (unpaired) electrons. The number of fused-ring (bicyclic) bond motifs is 1. The van der Waals surface area contributed by atoms with Crippen LogP contribution in [0.3, 0.4) is 0 Å². The van der Waals surface area contributed by atoms with Crippen LogP contribution < -0.4 is 5.19 Å². The molecule has 4 nitrogen and oxygen atoms in total. The van der Waals surface area contributed by atoms with Crippen LogP contribution in [-0.2, 0) is 13.6 Å². The largest absolute Gasteiger partial charge is 0.463 e. The molecule has 0 bridgehead atoms. The third-order valence-electron chi connectivity index (χ3n) is 3.51. The Kier molecular flexibility index (Phi) is 4.21. The van der Waals surface area contributed by atoms with Crippen LogP contribution in [0.2, 0.25) is 0 Å². The summed E-state index contributed by atoms with van der Waals surface area (Å²) < 4.78 is 20.3. The Morgan fingerprint density at radius 1 is 1.21 bits per heavy atom. The van der Waals surface area contributed by atoms with Gasteiger partial charge in [-0.2, -0.15) is 0 Å². The minimum Gasteiger partial charge on any atom is -0.378 e. The molecule has 0 N–H and O–H groups in total. The summed E-state index contributed by atoms with van der Waals surface area (Å²) in [7, 11) is -2.52. The topological polar surface area (TPSA) is 30.9 Å². The van der Waals surface area contributed by atoms with E-state index in [2.05, 4.69) is 16.7 Å². The summed E-state index contributed by atoms with van der Waals surface area (Å²) in [5.74, 6) is 0.502. The van der Waals surface area contributed by atoms with Gasteiger partial charge in [-0.3, -0.25) is 4.57 Å². The van der Waals surface area contributed by atoms with Crippen LogP contribution in [0.25, 0.3) is 0 Å². The van der Waals surface area contributed by atoms with Gasteiger partial charge in [0.25, 0.3) is 0 Å². The first-order valence-electron chi connectivity index (χ1n) is 6.61. The van der Waals surface area contributed by atoms with Gasteiger partial charge in [0.05, 0.1) is 25.9 Å². The van der Waals surface area contributed by atoms with Crippen LogP contribution in [0.5, 0.6) is 0 Å². The van der Waals surface area contributed by atoms with Crippen molar-refractivity contribution >= 4 is 25.5 Å². The third-order valence-corrected chi connectivity index (χ3v) is 7.40. The van der Waals surface area contributed by atoms with E-state index in [4.69, 9.17) is 25.2 Å². The molecule has 2 fully saturated rings. The minimum atomic E-state index is -2.52. The van der Waals surface area contributed by atoms with Crippen LogP contribution in [0, 0.1) is 0 Å². The van der Waals surface area contributed by atoms with E-state index in [0.717, 1.165) is 24.9 Å².